The molecule has 5 rings (SSSR count). The van der Waals surface area contributed by atoms with Gasteiger partial charge in [-0.25, -0.2) is 0 Å². The first-order valence-electron chi connectivity index (χ1n) is 13.5. The number of carbonyl (C=O) groups excluding carboxylic acids is 1. The average Bonchev–Trinajstić information content (AvgIpc) is 3.14. The van der Waals surface area contributed by atoms with Crippen LogP contribution in [0.15, 0.2) is 16.8 Å². The second-order valence-electron chi connectivity index (χ2n) is 12.5. The van der Waals surface area contributed by atoms with E-state index in [1.54, 1.807) is 6.20 Å². The Morgan fingerprint density at radius 3 is 2.62 bits per heavy atom. The maximum atomic E-state index is 13.4. The largest absolute Gasteiger partial charge is 0.404 e. The highest BCUT2D eigenvalue weighted by Gasteiger charge is 2.58. The topological polar surface area (TPSA) is 75.7 Å². The number of allylic oxidation sites excluding steroid dienone is 1. The molecule has 3 N–H and O–H groups in total. The summed E-state index contributed by atoms with van der Waals surface area (Å²) in [6.45, 7) is 4.84. The summed E-state index contributed by atoms with van der Waals surface area (Å²) in [7, 11) is 0. The maximum Gasteiger partial charge on any atom is 0.157 e. The number of hydrogen-bond acceptors (Lipinski definition) is 4. The van der Waals surface area contributed by atoms with Crippen LogP contribution in [0.2, 0.25) is 0 Å². The fourth-order valence-electron chi connectivity index (χ4n) is 9.17. The highest BCUT2D eigenvalue weighted by molar-refractivity contribution is 6.01. The zero-order valence-electron chi connectivity index (χ0n) is 20.3. The molecule has 0 aliphatic heterocycles. The van der Waals surface area contributed by atoms with Gasteiger partial charge in [-0.3, -0.25) is 9.79 Å². The lowest BCUT2D eigenvalue weighted by atomic mass is 9.49. The SMILES string of the molecule is C[C@@]1(O)CC[C@H]2[C@H](CC[C@@H]3[C@@H]2CC[C@]2(C)[C@@H](C(=O)CN=C4CCCCC4=CN)CC[C@@H]32)C1. The van der Waals surface area contributed by atoms with Crippen molar-refractivity contribution in [3.63, 3.8) is 0 Å². The van der Waals surface area contributed by atoms with E-state index in [9.17, 15) is 9.90 Å². The summed E-state index contributed by atoms with van der Waals surface area (Å²) in [5.74, 6) is 4.44. The standard InChI is InChI=1S/C28H44N2O2/c1-27(32)13-11-20-18(15-27)7-8-22-21(20)12-14-28(2)23(22)9-10-24(28)26(31)17-30-25-6-4-3-5-19(25)16-29/h16,18,20-24,32H,3-15,17,29H2,1-2H3/t18-,20+,21-,22-,23+,24-,27-,28+/m1/s1. The predicted octanol–water partition coefficient (Wildman–Crippen LogP) is 5.43. The number of nitrogens with zero attached hydrogens (tertiary/aromatic N) is 1. The molecule has 5 fully saturated rings. The minimum Gasteiger partial charge on any atom is -0.404 e. The third-order valence-electron chi connectivity index (χ3n) is 10.7. The van der Waals surface area contributed by atoms with Crippen LogP contribution < -0.4 is 5.73 Å². The third-order valence-corrected chi connectivity index (χ3v) is 10.7. The molecule has 0 unspecified atom stereocenters. The van der Waals surface area contributed by atoms with Gasteiger partial charge < -0.3 is 10.8 Å². The van der Waals surface area contributed by atoms with Crippen molar-refractivity contribution in [2.75, 3.05) is 6.54 Å². The Balaban J connectivity index is 1.27. The van der Waals surface area contributed by atoms with E-state index in [1.165, 1.54) is 44.9 Å². The molecule has 0 radical (unpaired) electrons. The van der Waals surface area contributed by atoms with Crippen LogP contribution in [-0.4, -0.2) is 28.7 Å². The first-order chi connectivity index (χ1) is 15.3. The molecule has 0 heterocycles. The first-order valence-corrected chi connectivity index (χ1v) is 13.5. The van der Waals surface area contributed by atoms with Gasteiger partial charge in [0.1, 0.15) is 0 Å². The van der Waals surface area contributed by atoms with Crippen molar-refractivity contribution < 1.29 is 9.90 Å². The van der Waals surface area contributed by atoms with E-state index in [-0.39, 0.29) is 11.3 Å². The zero-order valence-corrected chi connectivity index (χ0v) is 20.3. The Labute approximate surface area is 194 Å². The molecule has 0 bridgehead atoms. The normalized spacial score (nSPS) is 48.8. The minimum absolute atomic E-state index is 0.171. The van der Waals surface area contributed by atoms with Gasteiger partial charge in [0.2, 0.25) is 0 Å². The van der Waals surface area contributed by atoms with Crippen molar-refractivity contribution in [1.82, 2.24) is 0 Å². The molecule has 8 atom stereocenters. The van der Waals surface area contributed by atoms with E-state index >= 15 is 0 Å². The van der Waals surface area contributed by atoms with Gasteiger partial charge in [0.05, 0.1) is 12.1 Å². The van der Waals surface area contributed by atoms with Crippen molar-refractivity contribution in [2.45, 2.75) is 103 Å². The average molecular weight is 441 g/mol. The number of fused-ring (bicyclic) bond motifs is 5. The second-order valence-corrected chi connectivity index (χ2v) is 12.5. The molecule has 0 amide bonds. The van der Waals surface area contributed by atoms with Crippen LogP contribution in [0.3, 0.4) is 0 Å². The molecule has 0 aromatic carbocycles. The number of rotatable bonds is 3. The fraction of sp³-hybridized carbons (Fsp3) is 0.857. The number of ketones is 1. The monoisotopic (exact) mass is 440 g/mol. The molecule has 5 saturated carbocycles. The molecule has 0 aromatic rings. The van der Waals surface area contributed by atoms with Gasteiger partial charge in [0, 0.05) is 11.6 Å². The quantitative estimate of drug-likeness (QED) is 0.614. The smallest absolute Gasteiger partial charge is 0.157 e. The molecular formula is C28H44N2O2. The molecule has 5 aliphatic carbocycles. The van der Waals surface area contributed by atoms with Crippen molar-refractivity contribution in [3.05, 3.63) is 11.8 Å². The van der Waals surface area contributed by atoms with Gasteiger partial charge >= 0.3 is 0 Å². The third kappa shape index (κ3) is 3.89. The lowest BCUT2D eigenvalue weighted by Crippen LogP contribution is -2.51. The lowest BCUT2D eigenvalue weighted by Gasteiger charge is -2.56. The number of Topliss-reactive ketones (excluding diaryl/α,β-unsaturated/α-hetero) is 1. The van der Waals surface area contributed by atoms with Gasteiger partial charge in [-0.05, 0) is 137 Å². The summed E-state index contributed by atoms with van der Waals surface area (Å²) in [6, 6.07) is 0. The summed E-state index contributed by atoms with van der Waals surface area (Å²) in [6.07, 6.45) is 16.6. The predicted molar refractivity (Wildman–Crippen MR) is 129 cm³/mol. The summed E-state index contributed by atoms with van der Waals surface area (Å²) >= 11 is 0. The molecule has 5 aliphatic rings. The van der Waals surface area contributed by atoms with Gasteiger partial charge in [0.15, 0.2) is 5.78 Å². The summed E-state index contributed by atoms with van der Waals surface area (Å²) in [5.41, 5.74) is 7.78. The van der Waals surface area contributed by atoms with Crippen LogP contribution in [0.5, 0.6) is 0 Å². The van der Waals surface area contributed by atoms with E-state index in [4.69, 9.17) is 10.7 Å². The van der Waals surface area contributed by atoms with Gasteiger partial charge in [-0.1, -0.05) is 6.92 Å². The van der Waals surface area contributed by atoms with Crippen molar-refractivity contribution in [2.24, 2.45) is 51.6 Å². The van der Waals surface area contributed by atoms with Crippen LogP contribution in [-0.2, 0) is 4.79 Å². The molecule has 0 spiro atoms. The van der Waals surface area contributed by atoms with E-state index in [1.807, 2.05) is 6.92 Å². The fourth-order valence-corrected chi connectivity index (χ4v) is 9.17. The van der Waals surface area contributed by atoms with E-state index in [0.717, 1.165) is 73.5 Å². The summed E-state index contributed by atoms with van der Waals surface area (Å²) in [4.78, 5) is 18.2. The van der Waals surface area contributed by atoms with Crippen LogP contribution in [0, 0.1) is 40.9 Å². The highest BCUT2D eigenvalue weighted by atomic mass is 16.3. The summed E-state index contributed by atoms with van der Waals surface area (Å²) < 4.78 is 0. The number of hydrogen-bond donors (Lipinski definition) is 2. The number of aliphatic hydroxyl groups is 1. The minimum atomic E-state index is -0.444. The summed E-state index contributed by atoms with van der Waals surface area (Å²) in [5, 5.41) is 10.6. The Hall–Kier alpha value is -1.16. The molecule has 4 heteroatoms. The Bertz CT molecular complexity index is 799. The van der Waals surface area contributed by atoms with E-state index in [2.05, 4.69) is 6.92 Å². The molecule has 4 nitrogen and oxygen atoms in total. The first kappa shape index (κ1) is 22.6. The molecule has 32 heavy (non-hydrogen) atoms. The van der Waals surface area contributed by atoms with Crippen LogP contribution in [0.4, 0.5) is 0 Å². The molecule has 0 aromatic heterocycles. The molecule has 0 saturated heterocycles. The van der Waals surface area contributed by atoms with Crippen LogP contribution in [0.1, 0.15) is 97.3 Å². The van der Waals surface area contributed by atoms with Crippen molar-refractivity contribution in [3.8, 4) is 0 Å². The molecule has 178 valence electrons. The van der Waals surface area contributed by atoms with E-state index in [0.29, 0.717) is 18.2 Å². The van der Waals surface area contributed by atoms with E-state index < -0.39 is 5.60 Å². The number of carbonyl (C=O) groups is 1. The Morgan fingerprint density at radius 1 is 1.03 bits per heavy atom. The Morgan fingerprint density at radius 2 is 1.81 bits per heavy atom. The van der Waals surface area contributed by atoms with Gasteiger partial charge in [-0.15, -0.1) is 0 Å². The zero-order chi connectivity index (χ0) is 22.5. The van der Waals surface area contributed by atoms with Gasteiger partial charge in [-0.2, -0.15) is 0 Å². The second kappa shape index (κ2) is 8.56. The molecular weight excluding hydrogens is 396 g/mol. The highest BCUT2D eigenvalue weighted by Crippen LogP contribution is 2.64. The van der Waals surface area contributed by atoms with Crippen molar-refractivity contribution >= 4 is 11.5 Å². The number of nitrogens with two attached hydrogens (primary N) is 1. The van der Waals surface area contributed by atoms with Crippen molar-refractivity contribution in [1.29, 1.82) is 0 Å². The van der Waals surface area contributed by atoms with Crippen LogP contribution in [0.25, 0.3) is 0 Å². The lowest BCUT2D eigenvalue weighted by molar-refractivity contribution is -0.131. The Kier molecular flexibility index (Phi) is 6.05. The maximum absolute atomic E-state index is 13.4. The number of aliphatic imine (C=N–C) groups is 1. The van der Waals surface area contributed by atoms with Gasteiger partial charge in [0.25, 0.3) is 0 Å². The van der Waals surface area contributed by atoms with Crippen LogP contribution >= 0.6 is 0 Å².